The highest BCUT2D eigenvalue weighted by atomic mass is 35.5. The summed E-state index contributed by atoms with van der Waals surface area (Å²) in [7, 11) is 0. The Morgan fingerprint density at radius 3 is 2.58 bits per heavy atom. The molecule has 5 heteroatoms. The van der Waals surface area contributed by atoms with Crippen LogP contribution in [0.2, 0.25) is 0 Å². The first-order valence-electron chi connectivity index (χ1n) is 3.29. The van der Waals surface area contributed by atoms with Crippen LogP contribution in [0.3, 0.4) is 0 Å². The monoisotopic (exact) mass is 192 g/mol. The number of carboxylic acids is 1. The van der Waals surface area contributed by atoms with E-state index in [4.69, 9.17) is 16.7 Å². The highest BCUT2D eigenvalue weighted by Crippen LogP contribution is 1.93. The lowest BCUT2D eigenvalue weighted by Crippen LogP contribution is -2.07. The predicted octanol–water partition coefficient (Wildman–Crippen LogP) is 1.15. The second kappa shape index (κ2) is 6.67. The van der Waals surface area contributed by atoms with Gasteiger partial charge in [-0.25, -0.2) is 0 Å². The number of carbonyl (C=O) groups is 2. The van der Waals surface area contributed by atoms with Crippen LogP contribution < -0.4 is 0 Å². The van der Waals surface area contributed by atoms with Crippen molar-refractivity contribution in [2.24, 2.45) is 0 Å². The zero-order valence-corrected chi connectivity index (χ0v) is 7.08. The van der Waals surface area contributed by atoms with Crippen LogP contribution in [0.5, 0.6) is 0 Å². The van der Waals surface area contributed by atoms with Crippen molar-refractivity contribution < 1.29 is 19.4 Å². The zero-order valence-electron chi connectivity index (χ0n) is 6.33. The molecule has 68 valence electrons. The Bertz CT molecular complexity index is 188. The molecule has 0 aromatic carbocycles. The molecule has 4 nitrogen and oxygen atoms in total. The van der Waals surface area contributed by atoms with Crippen LogP contribution in [-0.4, -0.2) is 23.7 Å². The lowest BCUT2D eigenvalue weighted by molar-refractivity contribution is -0.146. The molecule has 0 aliphatic carbocycles. The van der Waals surface area contributed by atoms with E-state index in [1.807, 2.05) is 0 Å². The third-order valence-corrected chi connectivity index (χ3v) is 1.15. The van der Waals surface area contributed by atoms with Crippen LogP contribution in [-0.2, 0) is 14.3 Å². The molecule has 0 unspecified atom stereocenters. The Labute approximate surface area is 74.8 Å². The molecule has 0 rings (SSSR count). The summed E-state index contributed by atoms with van der Waals surface area (Å²) in [6.07, 6.45) is 1.13. The Kier molecular flexibility index (Phi) is 6.09. The topological polar surface area (TPSA) is 63.6 Å². The van der Waals surface area contributed by atoms with Crippen LogP contribution in [0.1, 0.15) is 12.8 Å². The summed E-state index contributed by atoms with van der Waals surface area (Å²) in [5.41, 5.74) is 1.23. The number of ether oxygens (including phenoxy) is 1. The second-order valence-electron chi connectivity index (χ2n) is 1.94. The summed E-state index contributed by atoms with van der Waals surface area (Å²) in [6.45, 7) is 0.0853. The van der Waals surface area contributed by atoms with Crippen molar-refractivity contribution in [1.82, 2.24) is 0 Å². The number of carbonyl (C=O) groups excluding carboxylic acids is 1. The summed E-state index contributed by atoms with van der Waals surface area (Å²) in [5.74, 6) is -1.55. The molecule has 1 N–H and O–H groups in total. The van der Waals surface area contributed by atoms with Crippen molar-refractivity contribution in [1.29, 1.82) is 0 Å². The van der Waals surface area contributed by atoms with Crippen molar-refractivity contribution in [2.45, 2.75) is 12.8 Å². The molecular weight excluding hydrogens is 184 g/mol. The molecule has 12 heavy (non-hydrogen) atoms. The third-order valence-electron chi connectivity index (χ3n) is 0.973. The van der Waals surface area contributed by atoms with Crippen LogP contribution in [0.4, 0.5) is 0 Å². The summed E-state index contributed by atoms with van der Waals surface area (Å²) >= 11 is 5.15. The van der Waals surface area contributed by atoms with Gasteiger partial charge in [0.15, 0.2) is 0 Å². The quantitative estimate of drug-likeness (QED) is 0.664. The van der Waals surface area contributed by atoms with Gasteiger partial charge in [0.05, 0.1) is 12.8 Å². The fourth-order valence-electron chi connectivity index (χ4n) is 0.459. The Morgan fingerprint density at radius 1 is 1.42 bits per heavy atom. The lowest BCUT2D eigenvalue weighted by atomic mass is 10.3. The van der Waals surface area contributed by atoms with Crippen molar-refractivity contribution in [3.05, 3.63) is 11.6 Å². The standard InChI is InChI=1S/C7H9ClO4/c8-4-1-5-12-7(11)3-2-6(9)10/h1,4H,2-3,5H2,(H,9,10). The Balaban J connectivity index is 3.40. The number of carboxylic acid groups (broad SMARTS) is 1. The minimum Gasteiger partial charge on any atom is -0.481 e. The van der Waals surface area contributed by atoms with Gasteiger partial charge in [0.2, 0.25) is 0 Å². The van der Waals surface area contributed by atoms with Gasteiger partial charge in [0.25, 0.3) is 0 Å². The molecule has 0 fully saturated rings. The molecule has 0 aromatic rings. The number of esters is 1. The summed E-state index contributed by atoms with van der Waals surface area (Å²) in [4.78, 5) is 20.7. The van der Waals surface area contributed by atoms with Gasteiger partial charge < -0.3 is 9.84 Å². The average Bonchev–Trinajstić information content (AvgIpc) is 2.01. The van der Waals surface area contributed by atoms with Crippen LogP contribution in [0.15, 0.2) is 11.6 Å². The Morgan fingerprint density at radius 2 is 2.08 bits per heavy atom. The SMILES string of the molecule is O=C(O)CCC(=O)OCC=CCl. The molecule has 0 heterocycles. The van der Waals surface area contributed by atoms with E-state index in [2.05, 4.69) is 4.74 Å². The zero-order chi connectivity index (χ0) is 9.40. The van der Waals surface area contributed by atoms with Gasteiger partial charge in [0, 0.05) is 5.54 Å². The van der Waals surface area contributed by atoms with Gasteiger partial charge in [-0.1, -0.05) is 11.6 Å². The smallest absolute Gasteiger partial charge is 0.306 e. The minimum absolute atomic E-state index is 0.0853. The van der Waals surface area contributed by atoms with E-state index < -0.39 is 11.9 Å². The second-order valence-corrected chi connectivity index (χ2v) is 2.19. The Hall–Kier alpha value is -1.03. The fourth-order valence-corrected chi connectivity index (χ4v) is 0.531. The van der Waals surface area contributed by atoms with Crippen molar-refractivity contribution in [2.75, 3.05) is 6.61 Å². The number of halogens is 1. The molecule has 0 aliphatic rings. The van der Waals surface area contributed by atoms with E-state index in [-0.39, 0.29) is 19.4 Å². The highest BCUT2D eigenvalue weighted by molar-refractivity contribution is 6.25. The first-order valence-corrected chi connectivity index (χ1v) is 3.73. The predicted molar refractivity (Wildman–Crippen MR) is 42.8 cm³/mol. The summed E-state index contributed by atoms with van der Waals surface area (Å²) < 4.78 is 4.56. The number of aliphatic carboxylic acids is 1. The van der Waals surface area contributed by atoms with Gasteiger partial charge in [0.1, 0.15) is 6.61 Å². The van der Waals surface area contributed by atoms with E-state index in [1.54, 1.807) is 0 Å². The molecule has 0 radical (unpaired) electrons. The van der Waals surface area contributed by atoms with Crippen LogP contribution >= 0.6 is 11.6 Å². The molecule has 0 saturated carbocycles. The summed E-state index contributed by atoms with van der Waals surface area (Å²) in [6, 6.07) is 0. The summed E-state index contributed by atoms with van der Waals surface area (Å²) in [5, 5.41) is 8.19. The maximum atomic E-state index is 10.7. The van der Waals surface area contributed by atoms with Gasteiger partial charge in [-0.05, 0) is 6.08 Å². The van der Waals surface area contributed by atoms with Gasteiger partial charge in [-0.2, -0.15) is 0 Å². The molecule has 0 bridgehead atoms. The van der Waals surface area contributed by atoms with Gasteiger partial charge >= 0.3 is 11.9 Å². The molecular formula is C7H9ClO4. The maximum absolute atomic E-state index is 10.7. The molecule has 0 amide bonds. The molecule has 0 atom stereocenters. The number of rotatable bonds is 5. The van der Waals surface area contributed by atoms with Crippen molar-refractivity contribution >= 4 is 23.5 Å². The van der Waals surface area contributed by atoms with Crippen molar-refractivity contribution in [3.8, 4) is 0 Å². The van der Waals surface area contributed by atoms with Gasteiger partial charge in [-0.3, -0.25) is 9.59 Å². The third kappa shape index (κ3) is 7.08. The number of hydrogen-bond acceptors (Lipinski definition) is 3. The fraction of sp³-hybridized carbons (Fsp3) is 0.429. The number of hydrogen-bond donors (Lipinski definition) is 1. The minimum atomic E-state index is -1.01. The van der Waals surface area contributed by atoms with E-state index in [0.29, 0.717) is 0 Å². The molecule has 0 saturated heterocycles. The first kappa shape index (κ1) is 11.0. The van der Waals surface area contributed by atoms with Crippen molar-refractivity contribution in [3.63, 3.8) is 0 Å². The maximum Gasteiger partial charge on any atom is 0.306 e. The lowest BCUT2D eigenvalue weighted by Gasteiger charge is -1.98. The van der Waals surface area contributed by atoms with Crippen LogP contribution in [0, 0.1) is 0 Å². The largest absolute Gasteiger partial charge is 0.481 e. The normalized spacial score (nSPS) is 10.1. The van der Waals surface area contributed by atoms with Gasteiger partial charge in [-0.15, -0.1) is 0 Å². The van der Waals surface area contributed by atoms with E-state index in [0.717, 1.165) is 0 Å². The van der Waals surface area contributed by atoms with E-state index >= 15 is 0 Å². The molecule has 0 aromatic heterocycles. The molecule has 0 spiro atoms. The highest BCUT2D eigenvalue weighted by Gasteiger charge is 2.04. The first-order chi connectivity index (χ1) is 5.66. The van der Waals surface area contributed by atoms with Crippen LogP contribution in [0.25, 0.3) is 0 Å². The average molecular weight is 193 g/mol. The molecule has 0 aliphatic heterocycles. The van der Waals surface area contributed by atoms with E-state index in [9.17, 15) is 9.59 Å². The van der Waals surface area contributed by atoms with E-state index in [1.165, 1.54) is 11.6 Å².